The van der Waals surface area contributed by atoms with E-state index >= 15 is 0 Å². The topological polar surface area (TPSA) is 77.2 Å². The van der Waals surface area contributed by atoms with Gasteiger partial charge < -0.3 is 14.5 Å². The van der Waals surface area contributed by atoms with Crippen molar-refractivity contribution >= 4 is 5.91 Å². The molecule has 3 rings (SSSR count). The smallest absolute Gasteiger partial charge is 0.238 e. The highest BCUT2D eigenvalue weighted by atomic mass is 16.5. The highest BCUT2D eigenvalue weighted by Gasteiger charge is 2.34. The molecule has 2 unspecified atom stereocenters. The van der Waals surface area contributed by atoms with Gasteiger partial charge in [0.2, 0.25) is 17.7 Å². The van der Waals surface area contributed by atoms with E-state index in [1.807, 2.05) is 12.1 Å². The van der Waals surface area contributed by atoms with E-state index in [4.69, 9.17) is 9.15 Å². The van der Waals surface area contributed by atoms with Gasteiger partial charge >= 0.3 is 0 Å². The highest BCUT2D eigenvalue weighted by molar-refractivity contribution is 5.77. The lowest BCUT2D eigenvalue weighted by Crippen LogP contribution is -2.31. The normalized spacial score (nSPS) is 16.2. The first kappa shape index (κ1) is 19.4. The third kappa shape index (κ3) is 5.31. The molecule has 1 aromatic carbocycles. The molecule has 1 N–H and O–H groups in total. The van der Waals surface area contributed by atoms with Gasteiger partial charge in [0.25, 0.3) is 0 Å². The molecule has 6 heteroatoms. The summed E-state index contributed by atoms with van der Waals surface area (Å²) in [6, 6.07) is 7.83. The summed E-state index contributed by atoms with van der Waals surface area (Å²) in [6.45, 7) is 6.00. The summed E-state index contributed by atoms with van der Waals surface area (Å²) in [5.74, 6) is 3.09. The second-order valence-electron chi connectivity index (χ2n) is 7.83. The van der Waals surface area contributed by atoms with Crippen molar-refractivity contribution in [3.05, 3.63) is 41.6 Å². The minimum absolute atomic E-state index is 0.0317. The number of hydrogen-bond donors (Lipinski definition) is 1. The summed E-state index contributed by atoms with van der Waals surface area (Å²) in [5, 5.41) is 11.1. The summed E-state index contributed by atoms with van der Waals surface area (Å²) < 4.78 is 10.8. The number of hydrogen-bond acceptors (Lipinski definition) is 5. The first-order chi connectivity index (χ1) is 13.0. The van der Waals surface area contributed by atoms with Gasteiger partial charge in [0.05, 0.1) is 7.11 Å². The number of rotatable bonds is 9. The van der Waals surface area contributed by atoms with Gasteiger partial charge in [-0.25, -0.2) is 0 Å². The largest absolute Gasteiger partial charge is 0.497 e. The van der Waals surface area contributed by atoms with Crippen LogP contribution >= 0.6 is 0 Å². The highest BCUT2D eigenvalue weighted by Crippen LogP contribution is 2.44. The van der Waals surface area contributed by atoms with Gasteiger partial charge in [0.15, 0.2) is 0 Å². The van der Waals surface area contributed by atoms with Gasteiger partial charge in [-0.3, -0.25) is 4.79 Å². The van der Waals surface area contributed by atoms with Gasteiger partial charge in [0.1, 0.15) is 11.8 Å². The molecule has 1 aliphatic carbocycles. The monoisotopic (exact) mass is 371 g/mol. The molecule has 1 saturated carbocycles. The van der Waals surface area contributed by atoms with E-state index in [1.165, 1.54) is 18.4 Å². The van der Waals surface area contributed by atoms with Crippen molar-refractivity contribution < 1.29 is 13.9 Å². The third-order valence-electron chi connectivity index (χ3n) is 5.02. The van der Waals surface area contributed by atoms with E-state index in [9.17, 15) is 4.79 Å². The minimum Gasteiger partial charge on any atom is -0.497 e. The van der Waals surface area contributed by atoms with Gasteiger partial charge in [-0.05, 0) is 54.7 Å². The maximum absolute atomic E-state index is 12.8. The maximum atomic E-state index is 12.8. The van der Waals surface area contributed by atoms with E-state index in [0.29, 0.717) is 30.0 Å². The van der Waals surface area contributed by atoms with Crippen LogP contribution in [-0.2, 0) is 4.79 Å². The van der Waals surface area contributed by atoms with Crippen molar-refractivity contribution in [3.63, 3.8) is 0 Å². The Hall–Kier alpha value is -2.37. The minimum atomic E-state index is -0.241. The third-order valence-corrected chi connectivity index (χ3v) is 5.02. The summed E-state index contributed by atoms with van der Waals surface area (Å²) in [4.78, 5) is 12.8. The average molecular weight is 371 g/mol. The number of ether oxygens (including phenoxy) is 1. The molecule has 2 aromatic rings. The molecule has 1 amide bonds. The van der Waals surface area contributed by atoms with Crippen LogP contribution in [0.5, 0.6) is 5.75 Å². The number of carbonyl (C=O) groups is 1. The SMILES string of the molecule is COc1ccc(C(CC(=O)NC(CC(C)C)c2nnc(C)o2)C2CC2)cc1. The van der Waals surface area contributed by atoms with Crippen LogP contribution in [-0.4, -0.2) is 23.2 Å². The zero-order chi connectivity index (χ0) is 19.4. The van der Waals surface area contributed by atoms with E-state index < -0.39 is 0 Å². The number of carbonyl (C=O) groups excluding carboxylic acids is 1. The van der Waals surface area contributed by atoms with Crippen LogP contribution in [0.4, 0.5) is 0 Å². The van der Waals surface area contributed by atoms with Crippen LogP contribution in [0.3, 0.4) is 0 Å². The van der Waals surface area contributed by atoms with Crippen molar-refractivity contribution in [2.45, 2.75) is 58.4 Å². The van der Waals surface area contributed by atoms with Crippen molar-refractivity contribution in [1.82, 2.24) is 15.5 Å². The van der Waals surface area contributed by atoms with Crippen LogP contribution in [0, 0.1) is 18.8 Å². The van der Waals surface area contributed by atoms with Gasteiger partial charge in [-0.1, -0.05) is 26.0 Å². The van der Waals surface area contributed by atoms with E-state index in [0.717, 1.165) is 12.2 Å². The summed E-state index contributed by atoms with van der Waals surface area (Å²) in [5.41, 5.74) is 1.20. The molecular weight excluding hydrogens is 342 g/mol. The predicted octanol–water partition coefficient (Wildman–Crippen LogP) is 4.17. The number of nitrogens with zero attached hydrogens (tertiary/aromatic N) is 2. The fourth-order valence-electron chi connectivity index (χ4n) is 3.50. The number of nitrogens with one attached hydrogen (secondary N) is 1. The van der Waals surface area contributed by atoms with Crippen molar-refractivity contribution in [2.75, 3.05) is 7.11 Å². The first-order valence-electron chi connectivity index (χ1n) is 9.69. The second-order valence-corrected chi connectivity index (χ2v) is 7.83. The Bertz CT molecular complexity index is 750. The Kier molecular flexibility index (Phi) is 6.14. The zero-order valence-electron chi connectivity index (χ0n) is 16.6. The lowest BCUT2D eigenvalue weighted by atomic mass is 9.90. The van der Waals surface area contributed by atoms with E-state index in [1.54, 1.807) is 14.0 Å². The molecule has 146 valence electrons. The average Bonchev–Trinajstić information content (AvgIpc) is 3.39. The molecule has 0 bridgehead atoms. The van der Waals surface area contributed by atoms with Gasteiger partial charge in [-0.2, -0.15) is 0 Å². The standard InChI is InChI=1S/C21H29N3O3/c1-13(2)11-19(21-24-23-14(3)27-21)22-20(25)12-18(15-5-6-15)16-7-9-17(26-4)10-8-16/h7-10,13,15,18-19H,5-6,11-12H2,1-4H3,(H,22,25). The van der Waals surface area contributed by atoms with E-state index in [-0.39, 0.29) is 17.9 Å². The fraction of sp³-hybridized carbons (Fsp3) is 0.571. The summed E-state index contributed by atoms with van der Waals surface area (Å²) >= 11 is 0. The van der Waals surface area contributed by atoms with Crippen LogP contribution in [0.1, 0.15) is 68.8 Å². The lowest BCUT2D eigenvalue weighted by Gasteiger charge is -2.21. The molecule has 1 aromatic heterocycles. The maximum Gasteiger partial charge on any atom is 0.238 e. The molecule has 1 aliphatic rings. The molecule has 0 aliphatic heterocycles. The van der Waals surface area contributed by atoms with Crippen molar-refractivity contribution in [1.29, 1.82) is 0 Å². The lowest BCUT2D eigenvalue weighted by molar-refractivity contribution is -0.122. The molecule has 2 atom stereocenters. The second kappa shape index (κ2) is 8.55. The van der Waals surface area contributed by atoms with Crippen LogP contribution in [0.15, 0.2) is 28.7 Å². The summed E-state index contributed by atoms with van der Waals surface area (Å²) in [7, 11) is 1.66. The van der Waals surface area contributed by atoms with Gasteiger partial charge in [0, 0.05) is 13.3 Å². The number of aromatic nitrogens is 2. The number of aryl methyl sites for hydroxylation is 1. The van der Waals surface area contributed by atoms with Crippen LogP contribution < -0.4 is 10.1 Å². The zero-order valence-corrected chi connectivity index (χ0v) is 16.6. The number of benzene rings is 1. The Morgan fingerprint density at radius 3 is 2.48 bits per heavy atom. The van der Waals surface area contributed by atoms with Crippen LogP contribution in [0.25, 0.3) is 0 Å². The molecule has 0 radical (unpaired) electrons. The Labute approximate surface area is 160 Å². The van der Waals surface area contributed by atoms with Crippen LogP contribution in [0.2, 0.25) is 0 Å². The van der Waals surface area contributed by atoms with Gasteiger partial charge in [-0.15, -0.1) is 10.2 Å². The quantitative estimate of drug-likeness (QED) is 0.716. The fourth-order valence-corrected chi connectivity index (χ4v) is 3.50. The predicted molar refractivity (Wildman–Crippen MR) is 102 cm³/mol. The van der Waals surface area contributed by atoms with E-state index in [2.05, 4.69) is 41.5 Å². The molecular formula is C21H29N3O3. The summed E-state index contributed by atoms with van der Waals surface area (Å²) in [6.07, 6.45) is 3.60. The molecule has 0 spiro atoms. The molecule has 6 nitrogen and oxygen atoms in total. The number of amides is 1. The molecule has 1 fully saturated rings. The van der Waals surface area contributed by atoms with Crippen molar-refractivity contribution in [2.24, 2.45) is 11.8 Å². The molecule has 27 heavy (non-hydrogen) atoms. The Balaban J connectivity index is 1.68. The Morgan fingerprint density at radius 2 is 1.96 bits per heavy atom. The van der Waals surface area contributed by atoms with Crippen molar-refractivity contribution in [3.8, 4) is 5.75 Å². The Morgan fingerprint density at radius 1 is 1.26 bits per heavy atom. The molecule has 0 saturated heterocycles. The number of methoxy groups -OCH3 is 1. The first-order valence-corrected chi connectivity index (χ1v) is 9.69. The molecule has 1 heterocycles.